The highest BCUT2D eigenvalue weighted by Crippen LogP contribution is 2.43. The van der Waals surface area contributed by atoms with Gasteiger partial charge in [0.15, 0.2) is 10.5 Å². The van der Waals surface area contributed by atoms with E-state index in [1.807, 2.05) is 72.1 Å². The molecule has 11 N–H and O–H groups in total. The van der Waals surface area contributed by atoms with Crippen LogP contribution in [-0.2, 0) is 41.4 Å². The molecule has 3 heterocycles. The van der Waals surface area contributed by atoms with Crippen LogP contribution < -0.4 is 37.7 Å². The van der Waals surface area contributed by atoms with E-state index in [-0.39, 0.29) is 71.2 Å². The van der Waals surface area contributed by atoms with E-state index in [2.05, 4.69) is 26.6 Å². The van der Waals surface area contributed by atoms with E-state index >= 15 is 0 Å². The zero-order chi connectivity index (χ0) is 60.4. The monoisotopic (exact) mass is 1230 g/mol. The number of likely N-dealkylation sites (tertiary alicyclic amines) is 1. The lowest BCUT2D eigenvalue weighted by atomic mass is 9.90. The number of amides is 5. The van der Waals surface area contributed by atoms with Crippen molar-refractivity contribution in [3.05, 3.63) is 154 Å². The van der Waals surface area contributed by atoms with Gasteiger partial charge < -0.3 is 61.6 Å². The summed E-state index contributed by atoms with van der Waals surface area (Å²) in [6.07, 6.45) is 3.01. The number of anilines is 1. The van der Waals surface area contributed by atoms with E-state index in [1.54, 1.807) is 24.3 Å². The summed E-state index contributed by atoms with van der Waals surface area (Å²) >= 11 is 7.77. The van der Waals surface area contributed by atoms with Crippen LogP contribution in [0.25, 0.3) is 54.3 Å². The van der Waals surface area contributed by atoms with Crippen LogP contribution in [0.5, 0.6) is 5.75 Å². The molecule has 1 fully saturated rings. The van der Waals surface area contributed by atoms with E-state index in [1.165, 1.54) is 46.6 Å². The van der Waals surface area contributed by atoms with Crippen molar-refractivity contribution in [1.29, 1.82) is 0 Å². The Morgan fingerprint density at radius 1 is 0.800 bits per heavy atom. The minimum atomic E-state index is -4.57. The molecule has 1 saturated heterocycles. The molecular formula is C61H62N7O13PS3. The first kappa shape index (κ1) is 61.4. The number of phenolic OH excluding ortho intramolecular Hbond substituents is 1. The number of thiophene rings is 1. The Kier molecular flexibility index (Phi) is 20.0. The first-order valence-electron chi connectivity index (χ1n) is 27.5. The number of carboxylic acid groups (broad SMARTS) is 1. The molecule has 24 heteroatoms. The number of carbonyl (C=O) groups is 6. The van der Waals surface area contributed by atoms with E-state index in [9.17, 15) is 58.1 Å². The van der Waals surface area contributed by atoms with Crippen LogP contribution in [0.1, 0.15) is 66.4 Å². The number of piperidine rings is 1. The Morgan fingerprint density at radius 3 is 2.36 bits per heavy atom. The summed E-state index contributed by atoms with van der Waals surface area (Å²) in [6, 6.07) is 29.6. The van der Waals surface area contributed by atoms with Gasteiger partial charge in [-0.05, 0) is 125 Å². The van der Waals surface area contributed by atoms with Crippen LogP contribution in [0, 0.1) is 0 Å². The molecule has 6 aromatic rings. The number of nitrogens with zero attached hydrogens (tertiary/aromatic N) is 1. The largest absolute Gasteiger partial charge is 0.508 e. The number of rotatable bonds is 24. The standard InChI is InChI=1S/C61H62N7O13PS3/c62-56(72)47(27-35-16-17-36-10-3-4-11-37(36)26-35)66-58(74)50-13-7-9-25-68(50)59(75)49(33-84-34-82(78,79)80)67-57(73)48(28-38-32-85-53-14-6-5-12-42(38)53)65-54(71)15-2-1-8-24-63-61(83)64-39-18-21-43(46(29-39)60(76)77)55-44-22-19-40(69)30-51(44)81-52-31-41(70)20-23-45(52)55/h3-6,10-12,14,16-23,26,29-32,47-50,69H,1-2,7-9,13,15,24-25,27-28,33-34H2,(H2,62,72)(H,65,71)(H,66,74)(H,67,73)(H,76,77)(H2,63,64,83)(H2,78,79,80)/t47-,48?,49-,50-/m0/s1. The Bertz CT molecular complexity index is 3930. The van der Waals surface area contributed by atoms with Crippen LogP contribution in [0.4, 0.5) is 5.69 Å². The lowest BCUT2D eigenvalue weighted by Gasteiger charge is -2.37. The summed E-state index contributed by atoms with van der Waals surface area (Å²) in [5, 5.41) is 40.6. The highest BCUT2D eigenvalue weighted by Gasteiger charge is 2.39. The third-order valence-electron chi connectivity index (χ3n) is 14.6. The molecule has 5 amide bonds. The van der Waals surface area contributed by atoms with Crippen molar-refractivity contribution in [3.8, 4) is 28.2 Å². The normalized spacial score (nSPS) is 14.6. The topological polar surface area (TPSA) is 320 Å². The van der Waals surface area contributed by atoms with Gasteiger partial charge in [-0.3, -0.25) is 33.3 Å². The maximum atomic E-state index is 14.7. The molecule has 9 rings (SSSR count). The average Bonchev–Trinajstić information content (AvgIpc) is 2.01. The summed E-state index contributed by atoms with van der Waals surface area (Å²) in [5.41, 5.74) is 8.29. The van der Waals surface area contributed by atoms with Crippen molar-refractivity contribution in [2.75, 3.05) is 29.7 Å². The summed E-state index contributed by atoms with van der Waals surface area (Å²) in [7, 11) is -4.57. The van der Waals surface area contributed by atoms with Gasteiger partial charge in [0.1, 0.15) is 41.3 Å². The summed E-state index contributed by atoms with van der Waals surface area (Å²) < 4.78 is 18.9. The average molecular weight is 1230 g/mol. The zero-order valence-electron chi connectivity index (χ0n) is 45.8. The summed E-state index contributed by atoms with van der Waals surface area (Å²) in [5.74, 6) is -4.60. The number of phenols is 1. The minimum absolute atomic E-state index is 0.0265. The van der Waals surface area contributed by atoms with E-state index < -0.39 is 72.8 Å². The van der Waals surface area contributed by atoms with Crippen molar-refractivity contribution in [2.45, 2.75) is 82.0 Å². The number of carboxylic acids is 1. The first-order valence-corrected chi connectivity index (χ1v) is 31.7. The number of unbranched alkanes of at least 4 members (excludes halogenated alkanes) is 2. The van der Waals surface area contributed by atoms with Gasteiger partial charge >= 0.3 is 13.6 Å². The molecule has 3 aliphatic rings. The smallest absolute Gasteiger partial charge is 0.336 e. The van der Waals surface area contributed by atoms with Crippen molar-refractivity contribution in [2.24, 2.45) is 5.73 Å². The van der Waals surface area contributed by atoms with E-state index in [0.29, 0.717) is 66.4 Å². The molecule has 1 unspecified atom stereocenters. The van der Waals surface area contributed by atoms with Crippen molar-refractivity contribution in [3.63, 3.8) is 0 Å². The fraction of sp³-hybridized carbons (Fsp3) is 0.279. The van der Waals surface area contributed by atoms with Crippen molar-refractivity contribution < 1.29 is 57.7 Å². The van der Waals surface area contributed by atoms with E-state index in [0.717, 1.165) is 43.7 Å². The number of nitrogens with one attached hydrogen (secondary N) is 5. The number of aromatic hydroxyl groups is 1. The number of thiocarbonyl (C=S) groups is 1. The number of thioether (sulfide) groups is 1. The molecule has 4 atom stereocenters. The zero-order valence-corrected chi connectivity index (χ0v) is 49.1. The quantitative estimate of drug-likeness (QED) is 0.0119. The molecule has 0 radical (unpaired) electrons. The molecule has 1 aromatic heterocycles. The third kappa shape index (κ3) is 15.8. The molecule has 0 bridgehead atoms. The maximum Gasteiger partial charge on any atom is 0.336 e. The van der Waals surface area contributed by atoms with Crippen LogP contribution in [0.2, 0.25) is 0 Å². The van der Waals surface area contributed by atoms with Crippen LogP contribution >= 0.6 is 42.9 Å². The number of aromatic carboxylic acids is 1. The van der Waals surface area contributed by atoms with Gasteiger partial charge in [0.25, 0.3) is 0 Å². The van der Waals surface area contributed by atoms with Crippen molar-refractivity contribution >= 4 is 121 Å². The Labute approximate surface area is 501 Å². The summed E-state index contributed by atoms with van der Waals surface area (Å²) in [6.45, 7) is 0.502. The molecule has 442 valence electrons. The molecule has 2 aliphatic heterocycles. The Balaban J connectivity index is 0.828. The second-order valence-corrected chi connectivity index (χ2v) is 25.2. The Morgan fingerprint density at radius 2 is 1.58 bits per heavy atom. The number of hydrogen-bond donors (Lipinski definition) is 10. The van der Waals surface area contributed by atoms with Crippen molar-refractivity contribution in [1.82, 2.24) is 26.2 Å². The van der Waals surface area contributed by atoms with Crippen LogP contribution in [0.3, 0.4) is 0 Å². The van der Waals surface area contributed by atoms with Gasteiger partial charge in [-0.15, -0.1) is 23.1 Å². The predicted molar refractivity (Wildman–Crippen MR) is 333 cm³/mol. The number of carbonyl (C=O) groups excluding carboxylic acids is 5. The Hall–Kier alpha value is -8.18. The minimum Gasteiger partial charge on any atom is -0.508 e. The van der Waals surface area contributed by atoms with Gasteiger partial charge in [-0.2, -0.15) is 0 Å². The molecule has 0 spiro atoms. The van der Waals surface area contributed by atoms with Gasteiger partial charge in [-0.1, -0.05) is 73.2 Å². The van der Waals surface area contributed by atoms with Gasteiger partial charge in [0, 0.05) is 77.1 Å². The molecule has 1 aliphatic carbocycles. The molecule has 0 saturated carbocycles. The number of primary amides is 1. The second kappa shape index (κ2) is 27.7. The number of nitrogens with two attached hydrogens (primary N) is 1. The number of hydrogen-bond acceptors (Lipinski definition) is 13. The molecule has 85 heavy (non-hydrogen) atoms. The molecular weight excluding hydrogens is 1170 g/mol. The van der Waals surface area contributed by atoms with Gasteiger partial charge in [0.2, 0.25) is 29.5 Å². The highest BCUT2D eigenvalue weighted by molar-refractivity contribution is 8.04. The number of benzene rings is 6. The van der Waals surface area contributed by atoms with E-state index in [4.69, 9.17) is 22.4 Å². The molecule has 5 aromatic carbocycles. The first-order chi connectivity index (χ1) is 40.8. The highest BCUT2D eigenvalue weighted by atomic mass is 32.2. The summed E-state index contributed by atoms with van der Waals surface area (Å²) in [4.78, 5) is 116. The maximum absolute atomic E-state index is 14.7. The third-order valence-corrected chi connectivity index (χ3v) is 18.5. The fourth-order valence-electron chi connectivity index (χ4n) is 10.5. The lowest BCUT2D eigenvalue weighted by molar-refractivity contribution is -0.145. The van der Waals surface area contributed by atoms with Crippen LogP contribution in [-0.4, -0.2) is 114 Å². The van der Waals surface area contributed by atoms with Crippen LogP contribution in [0.15, 0.2) is 136 Å². The fourth-order valence-corrected chi connectivity index (χ4v) is 13.5. The van der Waals surface area contributed by atoms with Gasteiger partial charge in [0.05, 0.1) is 11.1 Å². The number of fused-ring (bicyclic) bond motifs is 4. The van der Waals surface area contributed by atoms with Gasteiger partial charge in [-0.25, -0.2) is 4.79 Å². The molecule has 20 nitrogen and oxygen atoms in total. The predicted octanol–water partition coefficient (Wildman–Crippen LogP) is 7.86. The lowest BCUT2D eigenvalue weighted by Crippen LogP contribution is -2.61. The second-order valence-electron chi connectivity index (χ2n) is 20.8. The SMILES string of the molecule is NC(=O)[C@H](Cc1ccc2ccccc2c1)NC(=O)[C@@H]1CCCCN1C(=O)[C@H](CSCP(=O)(O)O)NC(=O)C(Cc1csc2ccccc12)NC(=O)CCCCCNC(=S)Nc1ccc(-c2c3ccc(=O)cc-3oc3cc(O)ccc23)c(C(=O)O)c1.